The second-order valence-corrected chi connectivity index (χ2v) is 17.7. The predicted molar refractivity (Wildman–Crippen MR) is 60.3 cm³/mol. The van der Waals surface area contributed by atoms with E-state index in [-0.39, 0.29) is 13.2 Å². The molecule has 0 bridgehead atoms. The Labute approximate surface area is 96.7 Å². The first kappa shape index (κ1) is 18.7. The third-order valence-corrected chi connectivity index (χ3v) is 0.258. The van der Waals surface area contributed by atoms with Crippen molar-refractivity contribution in [2.45, 2.75) is 0 Å². The molecule has 0 unspecified atom stereocenters. The van der Waals surface area contributed by atoms with Crippen molar-refractivity contribution in [3.63, 3.8) is 0 Å². The maximum absolute atomic E-state index is 7.75. The average molecular weight is 571 g/mol. The summed E-state index contributed by atoms with van der Waals surface area (Å²) in [4.78, 5) is 0. The fraction of sp³-hybridized carbons (Fsp3) is 1.00. The molecule has 0 rings (SSSR count). The molecule has 0 heterocycles. The van der Waals surface area contributed by atoms with E-state index in [1.807, 2.05) is 0 Å². The van der Waals surface area contributed by atoms with Gasteiger partial charge in [-0.15, -0.1) is 0 Å². The summed E-state index contributed by atoms with van der Waals surface area (Å²) >= 11 is 5.30. The summed E-state index contributed by atoms with van der Waals surface area (Å²) in [7, 11) is 0. The molecule has 11 heavy (non-hydrogen) atoms. The van der Waals surface area contributed by atoms with Gasteiger partial charge in [0.15, 0.2) is 0 Å². The third kappa shape index (κ3) is 75.2. The molecule has 0 saturated heterocycles. The summed E-state index contributed by atoms with van der Waals surface area (Å²) in [5.41, 5.74) is 9.56. The molecule has 0 aromatic rings. The zero-order valence-electron chi connectivity index (χ0n) is 5.95. The van der Waals surface area contributed by atoms with Crippen molar-refractivity contribution in [2.75, 3.05) is 26.3 Å². The van der Waals surface area contributed by atoms with E-state index in [0.717, 1.165) is 0 Å². The van der Waals surface area contributed by atoms with Gasteiger partial charge in [-0.25, -0.2) is 0 Å². The zero-order chi connectivity index (χ0) is 9.54. The van der Waals surface area contributed by atoms with Gasteiger partial charge in [0.1, 0.15) is 0 Å². The van der Waals surface area contributed by atoms with Crippen LogP contribution in [0.5, 0.6) is 0 Å². The SMILES string of the molecule is NCCO.NCCO.[I][Pt+2][I]. The van der Waals surface area contributed by atoms with Gasteiger partial charge in [-0.05, 0) is 0 Å². The van der Waals surface area contributed by atoms with Crippen LogP contribution in [0, 0.1) is 0 Å². The standard InChI is InChI=1S/2C2H7NO.2HI.Pt/c2*3-1-2-4;;;/h2*4H,1-3H2;2*1H;/q;;;;+4/p-2. The molecule has 0 spiro atoms. The van der Waals surface area contributed by atoms with Crippen LogP contribution < -0.4 is 11.5 Å². The Bertz CT molecular complexity index is 39.3. The molecule has 0 saturated carbocycles. The molecule has 0 aliphatic heterocycles. The van der Waals surface area contributed by atoms with Crippen LogP contribution in [0.3, 0.4) is 0 Å². The van der Waals surface area contributed by atoms with Crippen LogP contribution in [-0.4, -0.2) is 36.5 Å². The van der Waals surface area contributed by atoms with Gasteiger partial charge in [-0.3, -0.25) is 0 Å². The molecule has 0 aliphatic carbocycles. The van der Waals surface area contributed by atoms with Crippen molar-refractivity contribution in [3.05, 3.63) is 0 Å². The Kier molecular flexibility index (Phi) is 50.4. The summed E-state index contributed by atoms with van der Waals surface area (Å²) in [6, 6.07) is 0. The van der Waals surface area contributed by atoms with E-state index >= 15 is 0 Å². The summed E-state index contributed by atoms with van der Waals surface area (Å²) in [6.07, 6.45) is 0. The van der Waals surface area contributed by atoms with E-state index in [9.17, 15) is 0 Å². The Balaban J connectivity index is -0.0000000886. The van der Waals surface area contributed by atoms with Crippen LogP contribution in [-0.2, 0) is 11.2 Å². The van der Waals surface area contributed by atoms with Crippen LogP contribution in [0.25, 0.3) is 0 Å². The molecular formula is C4H14I2N2O2Pt+2. The molecule has 0 radical (unpaired) electrons. The second-order valence-electron chi connectivity index (χ2n) is 1.07. The molecule has 0 aliphatic rings. The number of nitrogens with two attached hydrogens (primary N) is 2. The summed E-state index contributed by atoms with van der Waals surface area (Å²) in [6.45, 7) is 0.944. The molecule has 74 valence electrons. The summed E-state index contributed by atoms with van der Waals surface area (Å²) in [5.74, 6) is 0. The first-order valence-corrected chi connectivity index (χ1v) is 15.6. The molecule has 0 fully saturated rings. The number of hydrogen-bond donors (Lipinski definition) is 4. The zero-order valence-corrected chi connectivity index (χ0v) is 12.5. The van der Waals surface area contributed by atoms with Crippen LogP contribution in [0.2, 0.25) is 0 Å². The van der Waals surface area contributed by atoms with Crippen molar-refractivity contribution >= 4 is 38.7 Å². The molecule has 0 aromatic carbocycles. The number of aliphatic hydroxyl groups excluding tert-OH is 2. The van der Waals surface area contributed by atoms with E-state index in [1.165, 1.54) is 0 Å². The van der Waals surface area contributed by atoms with Gasteiger partial charge < -0.3 is 21.7 Å². The molecular weight excluding hydrogens is 557 g/mol. The van der Waals surface area contributed by atoms with Crippen molar-refractivity contribution < 1.29 is 21.4 Å². The van der Waals surface area contributed by atoms with E-state index < -0.39 is 0 Å². The van der Waals surface area contributed by atoms with Gasteiger partial charge in [0.2, 0.25) is 0 Å². The molecule has 4 nitrogen and oxygen atoms in total. The number of halogens is 2. The van der Waals surface area contributed by atoms with Crippen LogP contribution >= 0.6 is 38.7 Å². The van der Waals surface area contributed by atoms with Gasteiger partial charge in [-0.1, -0.05) is 0 Å². The second kappa shape index (κ2) is 29.6. The quantitative estimate of drug-likeness (QED) is 0.342. The first-order chi connectivity index (χ1) is 5.24. The minimum absolute atomic E-state index is 0.0972. The van der Waals surface area contributed by atoms with E-state index in [2.05, 4.69) is 38.7 Å². The van der Waals surface area contributed by atoms with E-state index in [1.54, 1.807) is 0 Å². The predicted octanol–water partition coefficient (Wildman–Crippen LogP) is -0.356. The molecule has 6 N–H and O–H groups in total. The van der Waals surface area contributed by atoms with Crippen LogP contribution in [0.15, 0.2) is 0 Å². The molecule has 7 heteroatoms. The normalized spacial score (nSPS) is 7.45. The van der Waals surface area contributed by atoms with Gasteiger partial charge in [0.25, 0.3) is 0 Å². The fourth-order valence-corrected chi connectivity index (χ4v) is 0. The Morgan fingerprint density at radius 2 is 1.09 bits per heavy atom. The average Bonchev–Trinajstić information content (AvgIpc) is 2.06. The summed E-state index contributed by atoms with van der Waals surface area (Å²) in [5, 5.41) is 15.5. The van der Waals surface area contributed by atoms with Crippen molar-refractivity contribution in [1.82, 2.24) is 0 Å². The number of rotatable bonds is 2. The van der Waals surface area contributed by atoms with E-state index in [4.69, 9.17) is 21.7 Å². The third-order valence-electron chi connectivity index (χ3n) is 0.258. The molecule has 0 atom stereocenters. The monoisotopic (exact) mass is 571 g/mol. The fourth-order valence-electron chi connectivity index (χ4n) is 0. The van der Waals surface area contributed by atoms with Gasteiger partial charge >= 0.3 is 49.9 Å². The minimum atomic E-state index is 0.0972. The van der Waals surface area contributed by atoms with Crippen molar-refractivity contribution in [1.29, 1.82) is 0 Å². The van der Waals surface area contributed by atoms with Crippen LogP contribution in [0.4, 0.5) is 0 Å². The van der Waals surface area contributed by atoms with E-state index in [0.29, 0.717) is 24.3 Å². The van der Waals surface area contributed by atoms with Crippen molar-refractivity contribution in [2.24, 2.45) is 11.5 Å². The van der Waals surface area contributed by atoms with Gasteiger partial charge in [-0.2, -0.15) is 0 Å². The van der Waals surface area contributed by atoms with Gasteiger partial charge in [0.05, 0.1) is 13.2 Å². The molecule has 0 aromatic heterocycles. The van der Waals surface area contributed by atoms with Crippen LogP contribution in [0.1, 0.15) is 0 Å². The Hall–Kier alpha value is 1.99. The topological polar surface area (TPSA) is 92.5 Å². The number of hydrogen-bond acceptors (Lipinski definition) is 4. The first-order valence-electron chi connectivity index (χ1n) is 2.69. The summed E-state index contributed by atoms with van der Waals surface area (Å²) < 4.78 is 0. The van der Waals surface area contributed by atoms with Crippen molar-refractivity contribution in [3.8, 4) is 0 Å². The Morgan fingerprint density at radius 3 is 1.09 bits per heavy atom. The molecule has 0 amide bonds. The number of aliphatic hydroxyl groups is 2. The Morgan fingerprint density at radius 1 is 1.00 bits per heavy atom. The maximum atomic E-state index is 7.75. The van der Waals surface area contributed by atoms with Gasteiger partial charge in [0, 0.05) is 13.1 Å².